The summed E-state index contributed by atoms with van der Waals surface area (Å²) in [4.78, 5) is 2.45. The van der Waals surface area contributed by atoms with Crippen LogP contribution in [0.2, 0.25) is 0 Å². The number of para-hydroxylation sites is 1. The summed E-state index contributed by atoms with van der Waals surface area (Å²) in [6.07, 6.45) is 1.22. The van der Waals surface area contributed by atoms with Crippen molar-refractivity contribution in [1.82, 2.24) is 5.32 Å². The van der Waals surface area contributed by atoms with Gasteiger partial charge in [0.1, 0.15) is 0 Å². The van der Waals surface area contributed by atoms with E-state index in [-0.39, 0.29) is 5.41 Å². The summed E-state index contributed by atoms with van der Waals surface area (Å²) in [5.74, 6) is 0.703. The summed E-state index contributed by atoms with van der Waals surface area (Å²) < 4.78 is 0. The summed E-state index contributed by atoms with van der Waals surface area (Å²) >= 11 is 5.95. The predicted octanol–water partition coefficient (Wildman–Crippen LogP) is 3.12. The van der Waals surface area contributed by atoms with Gasteiger partial charge >= 0.3 is 0 Å². The standard InChI is InChI=1S/C15H23ClN2/c1-15(2,11-16)12-17-13-8-9-18(10-13)14-6-4-3-5-7-14/h3-7,13,17H,8-12H2,1-2H3/t13-/m1/s1. The number of rotatable bonds is 5. The number of nitrogens with one attached hydrogen (secondary N) is 1. The van der Waals surface area contributed by atoms with E-state index >= 15 is 0 Å². The molecule has 1 saturated heterocycles. The smallest absolute Gasteiger partial charge is 0.0366 e. The van der Waals surface area contributed by atoms with Crippen LogP contribution in [0.4, 0.5) is 5.69 Å². The maximum atomic E-state index is 5.95. The van der Waals surface area contributed by atoms with E-state index in [4.69, 9.17) is 11.6 Å². The second kappa shape index (κ2) is 5.94. The predicted molar refractivity (Wildman–Crippen MR) is 79.6 cm³/mol. The molecule has 1 aliphatic heterocycles. The van der Waals surface area contributed by atoms with Gasteiger partial charge in [0.15, 0.2) is 0 Å². The number of benzene rings is 1. The minimum absolute atomic E-state index is 0.182. The lowest BCUT2D eigenvalue weighted by Gasteiger charge is -2.25. The summed E-state index contributed by atoms with van der Waals surface area (Å²) in [6.45, 7) is 7.64. The normalized spacial score (nSPS) is 20.4. The fourth-order valence-electron chi connectivity index (χ4n) is 2.27. The molecule has 1 heterocycles. The SMILES string of the molecule is CC(C)(CCl)CN[C@@H]1CCN(c2ccccc2)C1. The van der Waals surface area contributed by atoms with Crippen molar-refractivity contribution in [2.75, 3.05) is 30.4 Å². The third-order valence-electron chi connectivity index (χ3n) is 3.54. The van der Waals surface area contributed by atoms with E-state index in [1.807, 2.05) is 0 Å². The van der Waals surface area contributed by atoms with E-state index in [0.717, 1.165) is 19.6 Å². The van der Waals surface area contributed by atoms with Gasteiger partial charge in [0, 0.05) is 37.2 Å². The Bertz CT molecular complexity index is 364. The molecule has 100 valence electrons. The minimum atomic E-state index is 0.182. The number of nitrogens with zero attached hydrogens (tertiary/aromatic N) is 1. The zero-order chi connectivity index (χ0) is 13.0. The summed E-state index contributed by atoms with van der Waals surface area (Å²) in [7, 11) is 0. The van der Waals surface area contributed by atoms with Crippen molar-refractivity contribution in [3.63, 3.8) is 0 Å². The molecule has 0 bridgehead atoms. The second-order valence-electron chi connectivity index (χ2n) is 5.95. The van der Waals surface area contributed by atoms with E-state index in [2.05, 4.69) is 54.4 Å². The average Bonchev–Trinajstić information content (AvgIpc) is 2.86. The molecule has 0 saturated carbocycles. The first-order valence-corrected chi connectivity index (χ1v) is 7.23. The van der Waals surface area contributed by atoms with Gasteiger partial charge in [0.25, 0.3) is 0 Å². The van der Waals surface area contributed by atoms with Gasteiger partial charge < -0.3 is 10.2 Å². The fraction of sp³-hybridized carbons (Fsp3) is 0.600. The van der Waals surface area contributed by atoms with Crippen molar-refractivity contribution < 1.29 is 0 Å². The Kier molecular flexibility index (Phi) is 4.52. The van der Waals surface area contributed by atoms with E-state index in [0.29, 0.717) is 11.9 Å². The highest BCUT2D eigenvalue weighted by Crippen LogP contribution is 2.21. The van der Waals surface area contributed by atoms with Gasteiger partial charge in [-0.25, -0.2) is 0 Å². The van der Waals surface area contributed by atoms with Gasteiger partial charge in [0.2, 0.25) is 0 Å². The number of halogens is 1. The monoisotopic (exact) mass is 266 g/mol. The molecule has 1 aliphatic rings. The molecule has 2 nitrogen and oxygen atoms in total. The van der Waals surface area contributed by atoms with Gasteiger partial charge in [0.05, 0.1) is 0 Å². The highest BCUT2D eigenvalue weighted by atomic mass is 35.5. The van der Waals surface area contributed by atoms with E-state index < -0.39 is 0 Å². The lowest BCUT2D eigenvalue weighted by Crippen LogP contribution is -2.39. The second-order valence-corrected chi connectivity index (χ2v) is 6.21. The Morgan fingerprint density at radius 1 is 1.33 bits per heavy atom. The van der Waals surface area contributed by atoms with Crippen molar-refractivity contribution in [2.45, 2.75) is 26.3 Å². The molecule has 1 fully saturated rings. The van der Waals surface area contributed by atoms with Crippen molar-refractivity contribution in [1.29, 1.82) is 0 Å². The number of anilines is 1. The van der Waals surface area contributed by atoms with Gasteiger partial charge in [-0.1, -0.05) is 32.0 Å². The van der Waals surface area contributed by atoms with Crippen LogP contribution >= 0.6 is 11.6 Å². The van der Waals surface area contributed by atoms with E-state index in [1.54, 1.807) is 0 Å². The molecule has 1 aromatic rings. The Morgan fingerprint density at radius 2 is 2.06 bits per heavy atom. The van der Waals surface area contributed by atoms with Crippen LogP contribution in [0.5, 0.6) is 0 Å². The lowest BCUT2D eigenvalue weighted by atomic mass is 9.96. The van der Waals surface area contributed by atoms with Crippen LogP contribution in [0, 0.1) is 5.41 Å². The number of alkyl halides is 1. The molecule has 2 rings (SSSR count). The molecule has 1 atom stereocenters. The van der Waals surface area contributed by atoms with Crippen LogP contribution in [0.15, 0.2) is 30.3 Å². The lowest BCUT2D eigenvalue weighted by molar-refractivity contribution is 0.362. The molecule has 3 heteroatoms. The Hall–Kier alpha value is -0.730. The summed E-state index contributed by atoms with van der Waals surface area (Å²) in [6, 6.07) is 11.2. The Balaban J connectivity index is 1.82. The molecule has 0 aromatic heterocycles. The van der Waals surface area contributed by atoms with Gasteiger partial charge in [-0.2, -0.15) is 0 Å². The zero-order valence-electron chi connectivity index (χ0n) is 11.3. The van der Waals surface area contributed by atoms with Crippen molar-refractivity contribution in [3.8, 4) is 0 Å². The number of hydrogen-bond donors (Lipinski definition) is 1. The highest BCUT2D eigenvalue weighted by molar-refractivity contribution is 6.18. The third-order valence-corrected chi connectivity index (χ3v) is 4.26. The van der Waals surface area contributed by atoms with E-state index in [1.165, 1.54) is 12.1 Å². The van der Waals surface area contributed by atoms with Crippen molar-refractivity contribution in [3.05, 3.63) is 30.3 Å². The molecule has 1 N–H and O–H groups in total. The molecular formula is C15H23ClN2. The summed E-state index contributed by atoms with van der Waals surface area (Å²) in [5.41, 5.74) is 1.51. The van der Waals surface area contributed by atoms with Crippen LogP contribution in [0.1, 0.15) is 20.3 Å². The fourth-order valence-corrected chi connectivity index (χ4v) is 2.36. The van der Waals surface area contributed by atoms with Crippen LogP contribution in [0.3, 0.4) is 0 Å². The molecule has 0 amide bonds. The minimum Gasteiger partial charge on any atom is -0.370 e. The molecule has 0 radical (unpaired) electrons. The molecule has 0 aliphatic carbocycles. The Labute approximate surface area is 115 Å². The van der Waals surface area contributed by atoms with E-state index in [9.17, 15) is 0 Å². The van der Waals surface area contributed by atoms with Gasteiger partial charge in [-0.05, 0) is 24.0 Å². The van der Waals surface area contributed by atoms with Crippen LogP contribution in [0.25, 0.3) is 0 Å². The molecule has 1 aromatic carbocycles. The highest BCUT2D eigenvalue weighted by Gasteiger charge is 2.24. The summed E-state index contributed by atoms with van der Waals surface area (Å²) in [5, 5.41) is 3.65. The van der Waals surface area contributed by atoms with Crippen LogP contribution in [-0.2, 0) is 0 Å². The first-order chi connectivity index (χ1) is 8.61. The third kappa shape index (κ3) is 3.63. The van der Waals surface area contributed by atoms with Crippen molar-refractivity contribution in [2.24, 2.45) is 5.41 Å². The quantitative estimate of drug-likeness (QED) is 0.824. The maximum absolute atomic E-state index is 5.95. The van der Waals surface area contributed by atoms with Gasteiger partial charge in [-0.15, -0.1) is 11.6 Å². The van der Waals surface area contributed by atoms with Gasteiger partial charge in [-0.3, -0.25) is 0 Å². The maximum Gasteiger partial charge on any atom is 0.0366 e. The van der Waals surface area contributed by atoms with Crippen molar-refractivity contribution >= 4 is 17.3 Å². The first kappa shape index (κ1) is 13.7. The van der Waals surface area contributed by atoms with Crippen LogP contribution < -0.4 is 10.2 Å². The molecular weight excluding hydrogens is 244 g/mol. The molecule has 0 unspecified atom stereocenters. The Morgan fingerprint density at radius 3 is 2.72 bits per heavy atom. The zero-order valence-corrected chi connectivity index (χ0v) is 12.1. The molecule has 0 spiro atoms. The topological polar surface area (TPSA) is 15.3 Å². The van der Waals surface area contributed by atoms with Crippen LogP contribution in [-0.4, -0.2) is 31.6 Å². The largest absolute Gasteiger partial charge is 0.370 e. The average molecular weight is 267 g/mol. The number of hydrogen-bond acceptors (Lipinski definition) is 2. The first-order valence-electron chi connectivity index (χ1n) is 6.70. The molecule has 18 heavy (non-hydrogen) atoms.